The molecule has 0 aromatic heterocycles. The Bertz CT molecular complexity index is 539. The maximum Gasteiger partial charge on any atom is 0.321 e. The zero-order valence-electron chi connectivity index (χ0n) is 13.9. The lowest BCUT2D eigenvalue weighted by atomic mass is 10.0. The van der Waals surface area contributed by atoms with Gasteiger partial charge in [0.1, 0.15) is 0 Å². The first-order chi connectivity index (χ1) is 10.2. The molecular weight excluding hydrogens is 300 g/mol. The van der Waals surface area contributed by atoms with Crippen molar-refractivity contribution < 1.29 is 4.79 Å². The average molecular weight is 325 g/mol. The smallest absolute Gasteiger partial charge is 0.321 e. The maximum atomic E-state index is 11.8. The van der Waals surface area contributed by atoms with Crippen molar-refractivity contribution in [2.75, 3.05) is 5.32 Å². The van der Waals surface area contributed by atoms with Crippen LogP contribution in [-0.2, 0) is 12.8 Å². The fourth-order valence-corrected chi connectivity index (χ4v) is 2.35. The molecule has 0 aliphatic rings. The zero-order valence-corrected chi connectivity index (χ0v) is 14.6. The summed E-state index contributed by atoms with van der Waals surface area (Å²) < 4.78 is 0. The van der Waals surface area contributed by atoms with E-state index in [1.807, 2.05) is 46.8 Å². The highest BCUT2D eigenvalue weighted by Crippen LogP contribution is 2.27. The second-order valence-electron chi connectivity index (χ2n) is 6.14. The van der Waals surface area contributed by atoms with Gasteiger partial charge in [0.2, 0.25) is 5.96 Å². The van der Waals surface area contributed by atoms with Crippen LogP contribution in [0.2, 0.25) is 5.02 Å². The Labute approximate surface area is 137 Å². The van der Waals surface area contributed by atoms with Gasteiger partial charge < -0.3 is 10.6 Å². The van der Waals surface area contributed by atoms with Gasteiger partial charge in [0.25, 0.3) is 0 Å². The summed E-state index contributed by atoms with van der Waals surface area (Å²) in [5.41, 5.74) is 2.53. The molecule has 1 aromatic rings. The van der Waals surface area contributed by atoms with Gasteiger partial charge in [-0.15, -0.1) is 0 Å². The molecule has 5 nitrogen and oxygen atoms in total. The SMILES string of the molecule is CCc1cc(Cl)cc(CC)c1NC(=N)NC(=O)NC(C)(C)C. The Kier molecular flexibility index (Phi) is 6.23. The lowest BCUT2D eigenvalue weighted by molar-refractivity contribution is 0.236. The van der Waals surface area contributed by atoms with Crippen LogP contribution < -0.4 is 16.0 Å². The predicted molar refractivity (Wildman–Crippen MR) is 93.0 cm³/mol. The summed E-state index contributed by atoms with van der Waals surface area (Å²) in [7, 11) is 0. The Balaban J connectivity index is 2.86. The van der Waals surface area contributed by atoms with Gasteiger partial charge in [-0.3, -0.25) is 10.7 Å². The molecule has 4 N–H and O–H groups in total. The highest BCUT2D eigenvalue weighted by molar-refractivity contribution is 6.30. The van der Waals surface area contributed by atoms with E-state index in [4.69, 9.17) is 17.0 Å². The number of aryl methyl sites for hydroxylation is 2. The number of halogens is 1. The van der Waals surface area contributed by atoms with Crippen molar-refractivity contribution in [3.63, 3.8) is 0 Å². The van der Waals surface area contributed by atoms with Gasteiger partial charge in [0.15, 0.2) is 0 Å². The molecule has 0 heterocycles. The number of carbonyl (C=O) groups is 1. The molecule has 0 radical (unpaired) electrons. The molecule has 0 atom stereocenters. The summed E-state index contributed by atoms with van der Waals surface area (Å²) >= 11 is 6.11. The van der Waals surface area contributed by atoms with Gasteiger partial charge in [-0.05, 0) is 56.9 Å². The minimum Gasteiger partial charge on any atom is -0.333 e. The molecule has 22 heavy (non-hydrogen) atoms. The lowest BCUT2D eigenvalue weighted by Crippen LogP contribution is -2.49. The number of anilines is 1. The molecule has 6 heteroatoms. The van der Waals surface area contributed by atoms with E-state index in [2.05, 4.69) is 16.0 Å². The largest absolute Gasteiger partial charge is 0.333 e. The first-order valence-corrected chi connectivity index (χ1v) is 7.80. The first-order valence-electron chi connectivity index (χ1n) is 7.42. The second kappa shape index (κ2) is 7.49. The monoisotopic (exact) mass is 324 g/mol. The van der Waals surface area contributed by atoms with E-state index in [0.717, 1.165) is 29.7 Å². The topological polar surface area (TPSA) is 77.0 Å². The van der Waals surface area contributed by atoms with E-state index in [-0.39, 0.29) is 11.5 Å². The number of hydrogen-bond acceptors (Lipinski definition) is 2. The van der Waals surface area contributed by atoms with Gasteiger partial charge in [-0.2, -0.15) is 0 Å². The van der Waals surface area contributed by atoms with Crippen molar-refractivity contribution in [3.8, 4) is 0 Å². The summed E-state index contributed by atoms with van der Waals surface area (Å²) in [6.45, 7) is 9.70. The standard InChI is InChI=1S/C16H25ClN4O/c1-6-10-8-12(17)9-11(7-2)13(10)19-14(18)20-15(22)21-16(3,4)5/h8-9H,6-7H2,1-5H3,(H4,18,19,20,21,22). The van der Waals surface area contributed by atoms with Gasteiger partial charge in [-0.25, -0.2) is 4.79 Å². The van der Waals surface area contributed by atoms with E-state index in [0.29, 0.717) is 5.02 Å². The van der Waals surface area contributed by atoms with Crippen molar-refractivity contribution in [3.05, 3.63) is 28.3 Å². The minimum atomic E-state index is -0.407. The summed E-state index contributed by atoms with van der Waals surface area (Å²) in [6, 6.07) is 3.35. The molecule has 0 bridgehead atoms. The third kappa shape index (κ3) is 5.56. The third-order valence-electron chi connectivity index (χ3n) is 3.01. The molecule has 0 saturated carbocycles. The lowest BCUT2D eigenvalue weighted by Gasteiger charge is -2.22. The van der Waals surface area contributed by atoms with E-state index in [1.165, 1.54) is 0 Å². The molecule has 0 aliphatic carbocycles. The van der Waals surface area contributed by atoms with Crippen LogP contribution in [0, 0.1) is 5.41 Å². The average Bonchev–Trinajstić information content (AvgIpc) is 2.37. The van der Waals surface area contributed by atoms with Gasteiger partial charge in [-0.1, -0.05) is 25.4 Å². The van der Waals surface area contributed by atoms with Gasteiger partial charge >= 0.3 is 6.03 Å². The number of guanidine groups is 1. The van der Waals surface area contributed by atoms with Crippen LogP contribution in [0.1, 0.15) is 45.7 Å². The van der Waals surface area contributed by atoms with Crippen LogP contribution in [-0.4, -0.2) is 17.5 Å². The number of nitrogens with one attached hydrogen (secondary N) is 4. The summed E-state index contributed by atoms with van der Waals surface area (Å²) in [6.07, 6.45) is 1.58. The van der Waals surface area contributed by atoms with E-state index >= 15 is 0 Å². The van der Waals surface area contributed by atoms with Crippen LogP contribution in [0.5, 0.6) is 0 Å². The molecule has 1 aromatic carbocycles. The van der Waals surface area contributed by atoms with Gasteiger partial charge in [0.05, 0.1) is 0 Å². The normalized spacial score (nSPS) is 11.0. The molecule has 0 saturated heterocycles. The minimum absolute atomic E-state index is 0.0616. The number of rotatable bonds is 3. The fourth-order valence-electron chi connectivity index (χ4n) is 2.08. The Morgan fingerprint density at radius 2 is 1.68 bits per heavy atom. The van der Waals surface area contributed by atoms with Crippen molar-refractivity contribution in [1.82, 2.24) is 10.6 Å². The van der Waals surface area contributed by atoms with Crippen LogP contribution >= 0.6 is 11.6 Å². The maximum absolute atomic E-state index is 11.8. The second-order valence-corrected chi connectivity index (χ2v) is 6.57. The summed E-state index contributed by atoms with van der Waals surface area (Å²) in [5.74, 6) is -0.0616. The van der Waals surface area contributed by atoms with Crippen LogP contribution in [0.4, 0.5) is 10.5 Å². The van der Waals surface area contributed by atoms with Gasteiger partial charge in [0, 0.05) is 16.2 Å². The molecule has 1 rings (SSSR count). The van der Waals surface area contributed by atoms with Crippen molar-refractivity contribution in [2.24, 2.45) is 0 Å². The summed E-state index contributed by atoms with van der Waals surface area (Å²) in [4.78, 5) is 11.8. The highest BCUT2D eigenvalue weighted by atomic mass is 35.5. The number of hydrogen-bond donors (Lipinski definition) is 4. The van der Waals surface area contributed by atoms with Crippen LogP contribution in [0.15, 0.2) is 12.1 Å². The molecule has 0 aliphatic heterocycles. The number of amides is 2. The Hall–Kier alpha value is -1.75. The molecule has 0 spiro atoms. The third-order valence-corrected chi connectivity index (χ3v) is 3.22. The highest BCUT2D eigenvalue weighted by Gasteiger charge is 2.16. The quantitative estimate of drug-likeness (QED) is 0.502. The number of urea groups is 1. The van der Waals surface area contributed by atoms with Crippen molar-refractivity contribution >= 4 is 29.3 Å². The fraction of sp³-hybridized carbons (Fsp3) is 0.500. The Morgan fingerprint density at radius 1 is 1.18 bits per heavy atom. The van der Waals surface area contributed by atoms with Crippen molar-refractivity contribution in [1.29, 1.82) is 5.41 Å². The van der Waals surface area contributed by atoms with Crippen molar-refractivity contribution in [2.45, 2.75) is 53.0 Å². The van der Waals surface area contributed by atoms with E-state index in [1.54, 1.807) is 0 Å². The number of benzene rings is 1. The Morgan fingerprint density at radius 3 is 2.09 bits per heavy atom. The molecule has 0 fully saturated rings. The van der Waals surface area contributed by atoms with Crippen LogP contribution in [0.3, 0.4) is 0 Å². The molecular formula is C16H25ClN4O. The molecule has 0 unspecified atom stereocenters. The zero-order chi connectivity index (χ0) is 16.9. The predicted octanol–water partition coefficient (Wildman–Crippen LogP) is 3.91. The molecule has 122 valence electrons. The first kappa shape index (κ1) is 18.3. The van der Waals surface area contributed by atoms with Crippen LogP contribution in [0.25, 0.3) is 0 Å². The number of carbonyl (C=O) groups excluding carboxylic acids is 1. The van der Waals surface area contributed by atoms with E-state index < -0.39 is 6.03 Å². The summed E-state index contributed by atoms with van der Waals surface area (Å²) in [5, 5.41) is 16.8. The molecule has 2 amide bonds. The van der Waals surface area contributed by atoms with E-state index in [9.17, 15) is 4.79 Å².